The fourth-order valence-electron chi connectivity index (χ4n) is 5.62. The molecule has 1 saturated carbocycles. The highest BCUT2D eigenvalue weighted by molar-refractivity contribution is 8.14. The van der Waals surface area contributed by atoms with E-state index in [0.29, 0.717) is 28.9 Å². The second-order valence-corrected chi connectivity index (χ2v) is 11.8. The van der Waals surface area contributed by atoms with Crippen LogP contribution < -0.4 is 5.32 Å². The lowest BCUT2D eigenvalue weighted by atomic mass is 9.93. The van der Waals surface area contributed by atoms with Gasteiger partial charge in [0, 0.05) is 35.5 Å². The molecule has 1 aromatic carbocycles. The molecule has 2 aliphatic heterocycles. The van der Waals surface area contributed by atoms with Gasteiger partial charge in [-0.1, -0.05) is 43.7 Å². The van der Waals surface area contributed by atoms with E-state index in [1.165, 1.54) is 57.9 Å². The molecule has 1 aromatic heterocycles. The van der Waals surface area contributed by atoms with Crippen molar-refractivity contribution in [2.24, 2.45) is 10.9 Å². The van der Waals surface area contributed by atoms with Gasteiger partial charge in [-0.2, -0.15) is 0 Å². The predicted molar refractivity (Wildman–Crippen MR) is 149 cm³/mol. The van der Waals surface area contributed by atoms with Gasteiger partial charge < -0.3 is 15.0 Å². The summed E-state index contributed by atoms with van der Waals surface area (Å²) in [5.41, 5.74) is 1.57. The molecule has 3 unspecified atom stereocenters. The lowest BCUT2D eigenvalue weighted by Gasteiger charge is -2.33. The Morgan fingerprint density at radius 1 is 1.19 bits per heavy atom. The van der Waals surface area contributed by atoms with Crippen LogP contribution >= 0.6 is 11.8 Å². The van der Waals surface area contributed by atoms with Crippen molar-refractivity contribution >= 4 is 33.8 Å². The second-order valence-electron chi connectivity index (χ2n) is 10.6. The van der Waals surface area contributed by atoms with E-state index in [9.17, 15) is 4.79 Å². The predicted octanol–water partition coefficient (Wildman–Crippen LogP) is 5.67. The van der Waals surface area contributed by atoms with Gasteiger partial charge in [-0.25, -0.2) is 4.99 Å². The monoisotopic (exact) mass is 508 g/mol. The number of ether oxygens (including phenoxy) is 1. The number of hydrogen-bond acceptors (Lipinski definition) is 6. The van der Waals surface area contributed by atoms with Gasteiger partial charge in [0.2, 0.25) is 5.23 Å². The molecule has 0 spiro atoms. The molecular formula is C29H40N4O2S. The minimum Gasteiger partial charge on any atom is -0.470 e. The molecular weight excluding hydrogens is 468 g/mol. The van der Waals surface area contributed by atoms with Crippen molar-refractivity contribution in [3.63, 3.8) is 0 Å². The maximum Gasteiger partial charge on any atom is 0.251 e. The molecule has 3 atom stereocenters. The molecule has 1 N–H and O–H groups in total. The highest BCUT2D eigenvalue weighted by Crippen LogP contribution is 2.36. The quantitative estimate of drug-likeness (QED) is 0.396. The first-order valence-corrected chi connectivity index (χ1v) is 14.8. The topological polar surface area (TPSA) is 66.8 Å². The summed E-state index contributed by atoms with van der Waals surface area (Å²) in [7, 11) is 0. The van der Waals surface area contributed by atoms with Crippen molar-refractivity contribution in [3.8, 4) is 0 Å². The van der Waals surface area contributed by atoms with Crippen LogP contribution in [-0.2, 0) is 4.74 Å². The number of hydrogen-bond donors (Lipinski definition) is 1. The summed E-state index contributed by atoms with van der Waals surface area (Å²) in [6, 6.07) is 10.00. The Morgan fingerprint density at radius 3 is 2.94 bits per heavy atom. The molecule has 36 heavy (non-hydrogen) atoms. The van der Waals surface area contributed by atoms with Gasteiger partial charge in [0.1, 0.15) is 6.10 Å². The van der Waals surface area contributed by atoms with Crippen LogP contribution in [0.25, 0.3) is 10.9 Å². The first-order valence-electron chi connectivity index (χ1n) is 13.9. The van der Waals surface area contributed by atoms with E-state index in [4.69, 9.17) is 9.73 Å². The van der Waals surface area contributed by atoms with E-state index in [1.807, 2.05) is 42.1 Å². The number of aromatic nitrogens is 1. The third-order valence-corrected chi connectivity index (χ3v) is 9.22. The molecule has 1 saturated heterocycles. The molecule has 2 fully saturated rings. The molecule has 1 amide bonds. The van der Waals surface area contributed by atoms with Crippen molar-refractivity contribution in [2.75, 3.05) is 26.2 Å². The summed E-state index contributed by atoms with van der Waals surface area (Å²) < 4.78 is 6.09. The highest BCUT2D eigenvalue weighted by Gasteiger charge is 2.37. The van der Waals surface area contributed by atoms with Gasteiger partial charge in [-0.3, -0.25) is 9.78 Å². The number of aliphatic imine (C=N–C) groups is 1. The Kier molecular flexibility index (Phi) is 8.80. The minimum atomic E-state index is -0.000780. The molecule has 7 heteroatoms. The summed E-state index contributed by atoms with van der Waals surface area (Å²) in [5.74, 6) is 0.713. The van der Waals surface area contributed by atoms with E-state index < -0.39 is 0 Å². The molecule has 194 valence electrons. The third-order valence-electron chi connectivity index (χ3n) is 7.96. The van der Waals surface area contributed by atoms with Crippen LogP contribution in [0.1, 0.15) is 75.1 Å². The average molecular weight is 509 g/mol. The smallest absolute Gasteiger partial charge is 0.251 e. The summed E-state index contributed by atoms with van der Waals surface area (Å²) in [6.45, 7) is 6.41. The number of pyridine rings is 1. The summed E-state index contributed by atoms with van der Waals surface area (Å²) in [4.78, 5) is 24.7. The molecule has 0 bridgehead atoms. The van der Waals surface area contributed by atoms with Crippen molar-refractivity contribution in [1.82, 2.24) is 15.2 Å². The Morgan fingerprint density at radius 2 is 2.11 bits per heavy atom. The fourth-order valence-corrected chi connectivity index (χ4v) is 6.79. The van der Waals surface area contributed by atoms with Crippen molar-refractivity contribution in [3.05, 3.63) is 42.1 Å². The van der Waals surface area contributed by atoms with E-state index in [1.54, 1.807) is 6.20 Å². The van der Waals surface area contributed by atoms with E-state index in [2.05, 4.69) is 22.1 Å². The van der Waals surface area contributed by atoms with Gasteiger partial charge in [-0.05, 0) is 82.2 Å². The van der Waals surface area contributed by atoms with Gasteiger partial charge in [0.25, 0.3) is 5.91 Å². The molecule has 1 aliphatic carbocycles. The van der Waals surface area contributed by atoms with Gasteiger partial charge in [0.05, 0.1) is 11.6 Å². The zero-order valence-corrected chi connectivity index (χ0v) is 22.3. The number of benzene rings is 1. The van der Waals surface area contributed by atoms with Crippen LogP contribution in [0.3, 0.4) is 0 Å². The van der Waals surface area contributed by atoms with Crippen LogP contribution in [0.2, 0.25) is 0 Å². The maximum absolute atomic E-state index is 12.8. The van der Waals surface area contributed by atoms with Crippen molar-refractivity contribution in [1.29, 1.82) is 0 Å². The lowest BCUT2D eigenvalue weighted by molar-refractivity contribution is 0.0953. The number of nitrogens with one attached hydrogen (secondary N) is 1. The number of nitrogens with zero attached hydrogens (tertiary/aromatic N) is 3. The Bertz CT molecular complexity index is 1050. The second kappa shape index (κ2) is 12.4. The number of amides is 1. The Labute approximate surface area is 219 Å². The average Bonchev–Trinajstić information content (AvgIpc) is 3.28. The summed E-state index contributed by atoms with van der Waals surface area (Å²) >= 11 is 1.88. The van der Waals surface area contributed by atoms with Crippen LogP contribution in [0.15, 0.2) is 41.5 Å². The molecule has 2 aromatic rings. The first-order chi connectivity index (χ1) is 17.7. The molecule has 6 nitrogen and oxygen atoms in total. The molecule has 5 rings (SSSR count). The first kappa shape index (κ1) is 25.5. The molecule has 3 aliphatic rings. The summed E-state index contributed by atoms with van der Waals surface area (Å²) in [6.07, 6.45) is 13.0. The Hall–Kier alpha value is -2.12. The molecule has 3 heterocycles. The van der Waals surface area contributed by atoms with E-state index >= 15 is 0 Å². The van der Waals surface area contributed by atoms with E-state index in [-0.39, 0.29) is 5.91 Å². The standard InChI is InChI=1S/C29H40N4O2S/c1-2-7-21(8-5-17-31-28(34)24-11-4-13-25-23(24)12-6-16-30-25)14-18-33-19-15-27-26(20-33)32-29(36-27)35-22-9-3-10-22/h4,6,11-13,16,21-22,26-27H,2-3,5,7-10,14-15,17-20H2,1H3,(H,31,34). The van der Waals surface area contributed by atoms with Gasteiger partial charge in [0.15, 0.2) is 0 Å². The van der Waals surface area contributed by atoms with Crippen LogP contribution in [0, 0.1) is 5.92 Å². The minimum absolute atomic E-state index is 0.000780. The SMILES string of the molecule is CCCC(CCCNC(=O)c1cccc2ncccc12)CCN1CCC2SC(OC3CCC3)=NC2C1. The number of rotatable bonds is 11. The van der Waals surface area contributed by atoms with Crippen LogP contribution in [0.5, 0.6) is 0 Å². The zero-order chi connectivity index (χ0) is 24.7. The Balaban J connectivity index is 1.04. The third kappa shape index (κ3) is 6.41. The van der Waals surface area contributed by atoms with Crippen LogP contribution in [-0.4, -0.2) is 64.6 Å². The number of thioether (sulfide) groups is 1. The molecule has 0 radical (unpaired) electrons. The summed E-state index contributed by atoms with van der Waals surface area (Å²) in [5, 5.41) is 5.63. The highest BCUT2D eigenvalue weighted by atomic mass is 32.2. The number of likely N-dealkylation sites (tertiary alicyclic amines) is 1. The van der Waals surface area contributed by atoms with Crippen LogP contribution in [0.4, 0.5) is 0 Å². The van der Waals surface area contributed by atoms with E-state index in [0.717, 1.165) is 42.2 Å². The number of carbonyl (C=O) groups is 1. The lowest BCUT2D eigenvalue weighted by Crippen LogP contribution is -2.43. The van der Waals surface area contributed by atoms with Crippen molar-refractivity contribution in [2.45, 2.75) is 82.1 Å². The largest absolute Gasteiger partial charge is 0.470 e. The van der Waals surface area contributed by atoms with Crippen molar-refractivity contribution < 1.29 is 9.53 Å². The number of piperidine rings is 1. The van der Waals surface area contributed by atoms with Gasteiger partial charge in [-0.15, -0.1) is 0 Å². The number of carbonyl (C=O) groups excluding carboxylic acids is 1. The number of fused-ring (bicyclic) bond motifs is 2. The normalized spacial score (nSPS) is 23.1. The maximum atomic E-state index is 12.8. The zero-order valence-electron chi connectivity index (χ0n) is 21.5. The fraction of sp³-hybridized carbons (Fsp3) is 0.621. The van der Waals surface area contributed by atoms with Gasteiger partial charge >= 0.3 is 0 Å².